The second-order valence-electron chi connectivity index (χ2n) is 9.52. The lowest BCUT2D eigenvalue weighted by Crippen LogP contribution is -2.53. The number of aliphatic hydroxyl groups is 1. The number of hydrogen-bond acceptors (Lipinski definition) is 7. The van der Waals surface area contributed by atoms with Crippen molar-refractivity contribution in [3.05, 3.63) is 70.1 Å². The first kappa shape index (κ1) is 26.1. The van der Waals surface area contributed by atoms with Crippen molar-refractivity contribution >= 4 is 29.2 Å². The molecule has 3 aromatic rings. The van der Waals surface area contributed by atoms with Crippen molar-refractivity contribution < 1.29 is 14.3 Å². The topological polar surface area (TPSA) is 94.7 Å². The molecule has 1 amide bonds. The van der Waals surface area contributed by atoms with Crippen molar-refractivity contribution in [2.24, 2.45) is 0 Å². The van der Waals surface area contributed by atoms with E-state index in [-0.39, 0.29) is 24.5 Å². The summed E-state index contributed by atoms with van der Waals surface area (Å²) < 4.78 is 5.81. The van der Waals surface area contributed by atoms with E-state index in [1.54, 1.807) is 0 Å². The molecule has 36 heavy (non-hydrogen) atoms. The maximum Gasteiger partial charge on any atom is 0.320 e. The summed E-state index contributed by atoms with van der Waals surface area (Å²) in [7, 11) is 0. The van der Waals surface area contributed by atoms with E-state index in [1.165, 1.54) is 0 Å². The lowest BCUT2D eigenvalue weighted by Gasteiger charge is -2.40. The Labute approximate surface area is 217 Å². The monoisotopic (exact) mass is 511 g/mol. The molecular weight excluding hydrogens is 478 g/mol. The predicted molar refractivity (Wildman–Crippen MR) is 141 cm³/mol. The van der Waals surface area contributed by atoms with Gasteiger partial charge in [0.25, 0.3) is 5.91 Å². The molecule has 1 saturated heterocycles. The van der Waals surface area contributed by atoms with Crippen LogP contribution in [-0.4, -0.2) is 63.3 Å². The van der Waals surface area contributed by atoms with Crippen molar-refractivity contribution in [1.82, 2.24) is 20.0 Å². The van der Waals surface area contributed by atoms with Crippen molar-refractivity contribution in [3.8, 4) is 0 Å². The van der Waals surface area contributed by atoms with E-state index in [0.717, 1.165) is 48.4 Å². The number of carbonyl (C=O) groups excluding carboxylic acids is 1. The van der Waals surface area contributed by atoms with Crippen LogP contribution in [0.1, 0.15) is 60.0 Å². The highest BCUT2D eigenvalue weighted by atomic mass is 35.5. The average Bonchev–Trinajstić information content (AvgIpc) is 3.34. The average molecular weight is 512 g/mol. The molecule has 1 aliphatic rings. The van der Waals surface area contributed by atoms with Crippen LogP contribution in [0.25, 0.3) is 0 Å². The summed E-state index contributed by atoms with van der Waals surface area (Å²) in [5.74, 6) is 0.700. The maximum absolute atomic E-state index is 12.9. The van der Waals surface area contributed by atoms with Gasteiger partial charge < -0.3 is 19.7 Å². The van der Waals surface area contributed by atoms with Crippen molar-refractivity contribution in [1.29, 1.82) is 0 Å². The Morgan fingerprint density at radius 2 is 2.03 bits per heavy atom. The smallest absolute Gasteiger partial charge is 0.320 e. The van der Waals surface area contributed by atoms with Gasteiger partial charge in [0.2, 0.25) is 5.89 Å². The maximum atomic E-state index is 12.9. The summed E-state index contributed by atoms with van der Waals surface area (Å²) in [6, 6.07) is 13.7. The van der Waals surface area contributed by atoms with E-state index in [9.17, 15) is 4.79 Å². The molecule has 0 spiro atoms. The molecule has 192 valence electrons. The van der Waals surface area contributed by atoms with Gasteiger partial charge in [-0.15, -0.1) is 5.10 Å². The minimum atomic E-state index is 0.0747. The van der Waals surface area contributed by atoms with Gasteiger partial charge in [0, 0.05) is 61.0 Å². The summed E-state index contributed by atoms with van der Waals surface area (Å²) >= 11 is 6.48. The van der Waals surface area contributed by atoms with E-state index in [4.69, 9.17) is 21.1 Å². The largest absolute Gasteiger partial charge is 0.408 e. The lowest BCUT2D eigenvalue weighted by atomic mass is 10.0. The number of hydrogen-bond donors (Lipinski definition) is 2. The Balaban J connectivity index is 1.41. The molecule has 1 unspecified atom stereocenters. The molecular formula is C27H34ClN5O3. The van der Waals surface area contributed by atoms with Crippen LogP contribution in [0.2, 0.25) is 5.02 Å². The van der Waals surface area contributed by atoms with Crippen LogP contribution in [0.15, 0.2) is 46.9 Å². The van der Waals surface area contributed by atoms with Gasteiger partial charge >= 0.3 is 6.01 Å². The van der Waals surface area contributed by atoms with Crippen LogP contribution >= 0.6 is 11.6 Å². The number of benzene rings is 2. The van der Waals surface area contributed by atoms with Gasteiger partial charge in [-0.25, -0.2) is 0 Å². The van der Waals surface area contributed by atoms with Gasteiger partial charge in [0.05, 0.1) is 0 Å². The molecule has 2 atom stereocenters. The van der Waals surface area contributed by atoms with Gasteiger partial charge in [0.15, 0.2) is 0 Å². The van der Waals surface area contributed by atoms with E-state index >= 15 is 0 Å². The fraction of sp³-hybridized carbons (Fsp3) is 0.444. The van der Waals surface area contributed by atoms with Gasteiger partial charge in [-0.2, -0.15) is 0 Å². The van der Waals surface area contributed by atoms with Crippen LogP contribution in [0.5, 0.6) is 0 Å². The third-order valence-corrected chi connectivity index (χ3v) is 6.98. The molecule has 0 aliphatic carbocycles. The summed E-state index contributed by atoms with van der Waals surface area (Å²) in [6.07, 6.45) is 1.47. The number of nitrogens with one attached hydrogen (secondary N) is 1. The second-order valence-corrected chi connectivity index (χ2v) is 9.96. The van der Waals surface area contributed by atoms with Crippen LogP contribution < -0.4 is 5.32 Å². The van der Waals surface area contributed by atoms with Crippen molar-refractivity contribution in [3.63, 3.8) is 0 Å². The Morgan fingerprint density at radius 1 is 1.25 bits per heavy atom. The second kappa shape index (κ2) is 11.9. The fourth-order valence-electron chi connectivity index (χ4n) is 4.62. The van der Waals surface area contributed by atoms with Gasteiger partial charge in [0.1, 0.15) is 0 Å². The standard InChI is InChI=1S/C27H34ClN5O3/c1-18(8-7-13-34)25-30-31-27(36-25)29-24-15-23(28)14-22(20(24)3)17-32-11-12-33(19(2)16-32)26(35)21-9-5-4-6-10-21/h4-6,9-10,14-15,18-19,34H,7-8,11-13,16-17H2,1-3H3,(H,29,31)/t18?,19-/m0/s1. The third kappa shape index (κ3) is 6.24. The van der Waals surface area contributed by atoms with Crippen LogP contribution in [-0.2, 0) is 6.54 Å². The summed E-state index contributed by atoms with van der Waals surface area (Å²) in [4.78, 5) is 17.3. The Kier molecular flexibility index (Phi) is 8.61. The van der Waals surface area contributed by atoms with E-state index in [2.05, 4.69) is 27.3 Å². The summed E-state index contributed by atoms with van der Waals surface area (Å²) in [5, 5.41) is 21.2. The molecule has 1 fully saturated rings. The molecule has 0 radical (unpaired) electrons. The van der Waals surface area contributed by atoms with Crippen molar-refractivity contribution in [2.45, 2.75) is 52.1 Å². The molecule has 2 heterocycles. The number of rotatable bonds is 9. The minimum absolute atomic E-state index is 0.0747. The first-order chi connectivity index (χ1) is 17.4. The molecule has 2 N–H and O–H groups in total. The molecule has 4 rings (SSSR count). The van der Waals surface area contributed by atoms with E-state index in [1.807, 2.05) is 61.2 Å². The zero-order valence-electron chi connectivity index (χ0n) is 21.1. The molecule has 2 aromatic carbocycles. The fourth-order valence-corrected chi connectivity index (χ4v) is 4.86. The highest BCUT2D eigenvalue weighted by molar-refractivity contribution is 6.31. The Hall–Kier alpha value is -2.94. The summed E-state index contributed by atoms with van der Waals surface area (Å²) in [5.41, 5.74) is 3.71. The normalized spacial score (nSPS) is 17.2. The summed E-state index contributed by atoms with van der Waals surface area (Å²) in [6.45, 7) is 9.27. The highest BCUT2D eigenvalue weighted by Crippen LogP contribution is 2.30. The molecule has 1 aliphatic heterocycles. The SMILES string of the molecule is Cc1c(CN2CCN(C(=O)c3ccccc3)[C@@H](C)C2)cc(Cl)cc1Nc1nnc(C(C)CCCO)o1. The van der Waals surface area contributed by atoms with Crippen LogP contribution in [0.3, 0.4) is 0 Å². The molecule has 9 heteroatoms. The zero-order valence-corrected chi connectivity index (χ0v) is 21.8. The van der Waals surface area contributed by atoms with E-state index < -0.39 is 0 Å². The molecule has 1 aromatic heterocycles. The Bertz CT molecular complexity index is 1170. The van der Waals surface area contributed by atoms with Crippen LogP contribution in [0.4, 0.5) is 11.7 Å². The number of halogens is 1. The van der Waals surface area contributed by atoms with Crippen LogP contribution in [0, 0.1) is 6.92 Å². The zero-order chi connectivity index (χ0) is 25.7. The van der Waals surface area contributed by atoms with Gasteiger partial charge in [-0.05, 0) is 62.1 Å². The highest BCUT2D eigenvalue weighted by Gasteiger charge is 2.28. The number of aromatic nitrogens is 2. The number of nitrogens with zero attached hydrogens (tertiary/aromatic N) is 4. The molecule has 8 nitrogen and oxygen atoms in total. The molecule has 0 bridgehead atoms. The number of piperazine rings is 1. The van der Waals surface area contributed by atoms with Gasteiger partial charge in [-0.1, -0.05) is 41.8 Å². The first-order valence-electron chi connectivity index (χ1n) is 12.4. The molecule has 0 saturated carbocycles. The first-order valence-corrected chi connectivity index (χ1v) is 12.8. The number of anilines is 2. The predicted octanol–water partition coefficient (Wildman–Crippen LogP) is 5.00. The minimum Gasteiger partial charge on any atom is -0.408 e. The van der Waals surface area contributed by atoms with Gasteiger partial charge in [-0.3, -0.25) is 9.69 Å². The Morgan fingerprint density at radius 3 is 2.75 bits per heavy atom. The van der Waals surface area contributed by atoms with E-state index in [0.29, 0.717) is 29.9 Å². The third-order valence-electron chi connectivity index (χ3n) is 6.77. The number of amides is 1. The number of aliphatic hydroxyl groups excluding tert-OH is 1. The van der Waals surface area contributed by atoms with Crippen molar-refractivity contribution in [2.75, 3.05) is 31.6 Å². The lowest BCUT2D eigenvalue weighted by molar-refractivity contribution is 0.0475. The quantitative estimate of drug-likeness (QED) is 0.417. The number of carbonyl (C=O) groups is 1.